The smallest absolute Gasteiger partial charge is 0.152 e. The zero-order valence-electron chi connectivity index (χ0n) is 7.70. The lowest BCUT2D eigenvalue weighted by Gasteiger charge is -2.03. The standard InChI is InChI=1S/C10H9BrN2O/c1-14-13-10(11)9-5-3-2-4-8(9)6-7-12/h2-5H,6H2,1H3. The lowest BCUT2D eigenvalue weighted by molar-refractivity contribution is 0.215. The molecule has 0 aromatic heterocycles. The summed E-state index contributed by atoms with van der Waals surface area (Å²) in [7, 11) is 1.48. The first-order chi connectivity index (χ1) is 6.79. The first-order valence-corrected chi connectivity index (χ1v) is 4.80. The van der Waals surface area contributed by atoms with Gasteiger partial charge in [0.15, 0.2) is 4.62 Å². The van der Waals surface area contributed by atoms with Crippen LogP contribution in [0, 0.1) is 11.3 Å². The molecule has 0 amide bonds. The summed E-state index contributed by atoms with van der Waals surface area (Å²) >= 11 is 3.28. The lowest BCUT2D eigenvalue weighted by Crippen LogP contribution is -1.97. The van der Waals surface area contributed by atoms with E-state index in [0.717, 1.165) is 11.1 Å². The Labute approximate surface area is 91.1 Å². The van der Waals surface area contributed by atoms with Gasteiger partial charge in [-0.1, -0.05) is 29.4 Å². The third kappa shape index (κ3) is 2.57. The minimum absolute atomic E-state index is 0.366. The van der Waals surface area contributed by atoms with Crippen molar-refractivity contribution in [2.75, 3.05) is 7.11 Å². The molecule has 0 aliphatic heterocycles. The Morgan fingerprint density at radius 1 is 1.57 bits per heavy atom. The predicted octanol–water partition coefficient (Wildman–Crippen LogP) is 2.46. The third-order valence-electron chi connectivity index (χ3n) is 1.68. The van der Waals surface area contributed by atoms with Crippen molar-refractivity contribution in [1.29, 1.82) is 5.26 Å². The molecule has 0 unspecified atom stereocenters. The van der Waals surface area contributed by atoms with E-state index in [1.807, 2.05) is 24.3 Å². The normalized spacial score (nSPS) is 10.8. The number of nitrogens with zero attached hydrogens (tertiary/aromatic N) is 2. The number of benzene rings is 1. The zero-order chi connectivity index (χ0) is 10.4. The third-order valence-corrected chi connectivity index (χ3v) is 2.25. The molecule has 3 nitrogen and oxygen atoms in total. The van der Waals surface area contributed by atoms with E-state index in [9.17, 15) is 0 Å². The van der Waals surface area contributed by atoms with Gasteiger partial charge in [-0.25, -0.2) is 0 Å². The van der Waals surface area contributed by atoms with Gasteiger partial charge in [0, 0.05) is 5.56 Å². The molecule has 0 saturated heterocycles. The molecule has 0 atom stereocenters. The molecule has 0 saturated carbocycles. The number of rotatable bonds is 3. The molecule has 0 radical (unpaired) electrons. The Hall–Kier alpha value is -1.34. The molecule has 0 fully saturated rings. The molecule has 0 bridgehead atoms. The van der Waals surface area contributed by atoms with Crippen molar-refractivity contribution in [3.8, 4) is 6.07 Å². The summed E-state index contributed by atoms with van der Waals surface area (Å²) in [4.78, 5) is 4.65. The Bertz CT molecular complexity index is 382. The summed E-state index contributed by atoms with van der Waals surface area (Å²) < 4.78 is 0.603. The average Bonchev–Trinajstić information content (AvgIpc) is 2.19. The molecular formula is C10H9BrN2O. The Morgan fingerprint density at radius 3 is 2.93 bits per heavy atom. The van der Waals surface area contributed by atoms with Crippen LogP contribution in [0.2, 0.25) is 0 Å². The molecule has 0 aliphatic carbocycles. The van der Waals surface area contributed by atoms with Gasteiger partial charge in [-0.05, 0) is 21.5 Å². The molecule has 4 heteroatoms. The van der Waals surface area contributed by atoms with Crippen LogP contribution in [0.15, 0.2) is 29.4 Å². The Kier molecular flexibility index (Phi) is 4.14. The van der Waals surface area contributed by atoms with Crippen LogP contribution in [0.25, 0.3) is 0 Å². The average molecular weight is 253 g/mol. The van der Waals surface area contributed by atoms with E-state index in [1.165, 1.54) is 7.11 Å². The van der Waals surface area contributed by atoms with Crippen molar-refractivity contribution < 1.29 is 4.84 Å². The second-order valence-electron chi connectivity index (χ2n) is 2.56. The second-order valence-corrected chi connectivity index (χ2v) is 3.31. The molecule has 0 heterocycles. The monoisotopic (exact) mass is 252 g/mol. The number of hydrogen-bond donors (Lipinski definition) is 0. The van der Waals surface area contributed by atoms with Crippen LogP contribution < -0.4 is 0 Å². The van der Waals surface area contributed by atoms with Crippen LogP contribution in [0.1, 0.15) is 11.1 Å². The maximum absolute atomic E-state index is 8.62. The SMILES string of the molecule is CON=C(Br)c1ccccc1CC#N. The van der Waals surface area contributed by atoms with Gasteiger partial charge < -0.3 is 4.84 Å². The van der Waals surface area contributed by atoms with E-state index in [0.29, 0.717) is 11.0 Å². The highest BCUT2D eigenvalue weighted by atomic mass is 79.9. The van der Waals surface area contributed by atoms with E-state index < -0.39 is 0 Å². The highest BCUT2D eigenvalue weighted by Crippen LogP contribution is 2.14. The highest BCUT2D eigenvalue weighted by molar-refractivity contribution is 9.18. The van der Waals surface area contributed by atoms with Crippen LogP contribution in [0.3, 0.4) is 0 Å². The van der Waals surface area contributed by atoms with Crippen LogP contribution in [-0.2, 0) is 11.3 Å². The molecule has 1 rings (SSSR count). The van der Waals surface area contributed by atoms with E-state index >= 15 is 0 Å². The predicted molar refractivity (Wildman–Crippen MR) is 58.2 cm³/mol. The topological polar surface area (TPSA) is 45.4 Å². The fraction of sp³-hybridized carbons (Fsp3) is 0.200. The first-order valence-electron chi connectivity index (χ1n) is 4.01. The van der Waals surface area contributed by atoms with Crippen molar-refractivity contribution in [1.82, 2.24) is 0 Å². The summed E-state index contributed by atoms with van der Waals surface area (Å²) in [5, 5.41) is 12.4. The summed E-state index contributed by atoms with van der Waals surface area (Å²) in [5.41, 5.74) is 1.82. The largest absolute Gasteiger partial charge is 0.398 e. The maximum Gasteiger partial charge on any atom is 0.152 e. The van der Waals surface area contributed by atoms with E-state index in [4.69, 9.17) is 5.26 Å². The Morgan fingerprint density at radius 2 is 2.29 bits per heavy atom. The van der Waals surface area contributed by atoms with Gasteiger partial charge in [0.25, 0.3) is 0 Å². The van der Waals surface area contributed by atoms with E-state index in [1.54, 1.807) is 0 Å². The van der Waals surface area contributed by atoms with Crippen LogP contribution in [-0.4, -0.2) is 11.7 Å². The molecule has 0 spiro atoms. The van der Waals surface area contributed by atoms with Gasteiger partial charge in [0.1, 0.15) is 7.11 Å². The summed E-state index contributed by atoms with van der Waals surface area (Å²) in [6.45, 7) is 0. The van der Waals surface area contributed by atoms with Crippen molar-refractivity contribution in [3.05, 3.63) is 35.4 Å². The quantitative estimate of drug-likeness (QED) is 0.613. The van der Waals surface area contributed by atoms with E-state index in [-0.39, 0.29) is 0 Å². The van der Waals surface area contributed by atoms with Crippen molar-refractivity contribution in [2.45, 2.75) is 6.42 Å². The van der Waals surface area contributed by atoms with E-state index in [2.05, 4.69) is 32.0 Å². The first kappa shape index (κ1) is 10.7. The van der Waals surface area contributed by atoms with Gasteiger partial charge in [0.2, 0.25) is 0 Å². The number of nitriles is 1. The van der Waals surface area contributed by atoms with Gasteiger partial charge in [-0.2, -0.15) is 5.26 Å². The van der Waals surface area contributed by atoms with Crippen LogP contribution in [0.5, 0.6) is 0 Å². The zero-order valence-corrected chi connectivity index (χ0v) is 9.28. The maximum atomic E-state index is 8.62. The minimum atomic E-state index is 0.366. The fourth-order valence-electron chi connectivity index (χ4n) is 1.09. The number of halogens is 1. The van der Waals surface area contributed by atoms with Crippen LogP contribution >= 0.6 is 15.9 Å². The molecule has 0 N–H and O–H groups in total. The number of hydrogen-bond acceptors (Lipinski definition) is 3. The molecule has 1 aromatic rings. The molecular weight excluding hydrogens is 244 g/mol. The highest BCUT2D eigenvalue weighted by Gasteiger charge is 2.05. The van der Waals surface area contributed by atoms with Gasteiger partial charge in [0.05, 0.1) is 12.5 Å². The molecule has 72 valence electrons. The van der Waals surface area contributed by atoms with Crippen molar-refractivity contribution >= 4 is 20.6 Å². The molecule has 0 aliphatic rings. The molecule has 14 heavy (non-hydrogen) atoms. The molecule has 1 aromatic carbocycles. The van der Waals surface area contributed by atoms with Gasteiger partial charge in [-0.15, -0.1) is 0 Å². The van der Waals surface area contributed by atoms with Crippen LogP contribution in [0.4, 0.5) is 0 Å². The summed E-state index contributed by atoms with van der Waals surface area (Å²) in [5.74, 6) is 0. The van der Waals surface area contributed by atoms with Gasteiger partial charge in [-0.3, -0.25) is 0 Å². The van der Waals surface area contributed by atoms with Crippen molar-refractivity contribution in [3.63, 3.8) is 0 Å². The van der Waals surface area contributed by atoms with Gasteiger partial charge >= 0.3 is 0 Å². The summed E-state index contributed by atoms with van der Waals surface area (Å²) in [6, 6.07) is 9.67. The van der Waals surface area contributed by atoms with Crippen molar-refractivity contribution in [2.24, 2.45) is 5.16 Å². The lowest BCUT2D eigenvalue weighted by atomic mass is 10.1. The minimum Gasteiger partial charge on any atom is -0.398 e. The number of oxime groups is 1. The Balaban J connectivity index is 3.07. The fourth-order valence-corrected chi connectivity index (χ4v) is 1.62. The summed E-state index contributed by atoms with van der Waals surface area (Å²) in [6.07, 6.45) is 0.366. The second kappa shape index (κ2) is 5.40.